The number of amides is 1. The van der Waals surface area contributed by atoms with Crippen molar-refractivity contribution in [1.29, 1.82) is 0 Å². The monoisotopic (exact) mass is 451 g/mol. The molecular weight excluding hydrogens is 426 g/mol. The van der Waals surface area contributed by atoms with E-state index >= 15 is 0 Å². The summed E-state index contributed by atoms with van der Waals surface area (Å²) < 4.78 is 34.5. The van der Waals surface area contributed by atoms with Crippen molar-refractivity contribution in [2.75, 3.05) is 12.0 Å². The number of hydrogen-bond donors (Lipinski definition) is 2. The van der Waals surface area contributed by atoms with Crippen LogP contribution in [0.5, 0.6) is 0 Å². The first-order valence-corrected chi connectivity index (χ1v) is 12.2. The molecule has 0 aliphatic rings. The molecule has 3 heterocycles. The first kappa shape index (κ1) is 22.3. The van der Waals surface area contributed by atoms with Crippen LogP contribution in [-0.2, 0) is 10.0 Å². The van der Waals surface area contributed by atoms with Gasteiger partial charge in [0.1, 0.15) is 0 Å². The fraction of sp³-hybridized carbons (Fsp3) is 0.421. The number of pyridine rings is 1. The minimum absolute atomic E-state index is 0.0905. The van der Waals surface area contributed by atoms with Gasteiger partial charge in [0, 0.05) is 11.7 Å². The van der Waals surface area contributed by atoms with E-state index in [1.54, 1.807) is 32.5 Å². The maximum Gasteiger partial charge on any atom is 0.287 e. The highest BCUT2D eigenvalue weighted by Gasteiger charge is 2.27. The Morgan fingerprint density at radius 1 is 1.23 bits per heavy atom. The zero-order chi connectivity index (χ0) is 21.9. The normalized spacial score (nSPS) is 13.5. The minimum Gasteiger partial charge on any atom is -0.438 e. The van der Waals surface area contributed by atoms with E-state index in [4.69, 9.17) is 4.42 Å². The van der Waals surface area contributed by atoms with Gasteiger partial charge in [0.25, 0.3) is 15.9 Å². The summed E-state index contributed by atoms with van der Waals surface area (Å²) in [4.78, 5) is 12.8. The van der Waals surface area contributed by atoms with Gasteiger partial charge in [0.15, 0.2) is 17.2 Å². The number of thioether (sulfide) groups is 1. The molecule has 1 atom stereocenters. The molecule has 9 nitrogen and oxygen atoms in total. The number of aromatic nitrogens is 3. The molecule has 0 saturated heterocycles. The zero-order valence-electron chi connectivity index (χ0n) is 17.2. The first-order chi connectivity index (χ1) is 14.1. The van der Waals surface area contributed by atoms with Crippen molar-refractivity contribution in [2.24, 2.45) is 0 Å². The second-order valence-corrected chi connectivity index (χ2v) is 10.4. The molecule has 3 aromatic heterocycles. The van der Waals surface area contributed by atoms with Gasteiger partial charge in [-0.05, 0) is 63.5 Å². The van der Waals surface area contributed by atoms with Gasteiger partial charge in [-0.15, -0.1) is 10.2 Å². The summed E-state index contributed by atoms with van der Waals surface area (Å²) in [5.74, 6) is 0.778. The molecule has 2 N–H and O–H groups in total. The molecule has 0 aliphatic carbocycles. The highest BCUT2D eigenvalue weighted by molar-refractivity contribution is 7.98. The molecule has 0 spiro atoms. The molecule has 1 unspecified atom stereocenters. The van der Waals surface area contributed by atoms with Crippen molar-refractivity contribution in [3.8, 4) is 0 Å². The zero-order valence-corrected chi connectivity index (χ0v) is 18.9. The summed E-state index contributed by atoms with van der Waals surface area (Å²) in [5, 5.41) is 11.0. The average Bonchev–Trinajstić information content (AvgIpc) is 3.31. The van der Waals surface area contributed by atoms with Crippen LogP contribution < -0.4 is 10.0 Å². The van der Waals surface area contributed by atoms with E-state index in [1.165, 1.54) is 12.1 Å². The van der Waals surface area contributed by atoms with Gasteiger partial charge in [-0.1, -0.05) is 6.07 Å². The highest BCUT2D eigenvalue weighted by Crippen LogP contribution is 2.21. The molecule has 162 valence electrons. The van der Waals surface area contributed by atoms with Crippen molar-refractivity contribution < 1.29 is 17.6 Å². The summed E-state index contributed by atoms with van der Waals surface area (Å²) in [6.45, 7) is 5.17. The van der Waals surface area contributed by atoms with E-state index in [-0.39, 0.29) is 10.9 Å². The quantitative estimate of drug-likeness (QED) is 0.540. The Morgan fingerprint density at radius 3 is 2.70 bits per heavy atom. The Balaban J connectivity index is 1.82. The molecule has 0 aromatic carbocycles. The average molecular weight is 452 g/mol. The minimum atomic E-state index is -3.87. The van der Waals surface area contributed by atoms with Gasteiger partial charge < -0.3 is 9.73 Å². The Bertz CT molecular complexity index is 1130. The third kappa shape index (κ3) is 5.21. The van der Waals surface area contributed by atoms with E-state index in [2.05, 4.69) is 20.2 Å². The Morgan fingerprint density at radius 2 is 2.00 bits per heavy atom. The number of furan rings is 1. The largest absolute Gasteiger partial charge is 0.438 e. The Kier molecular flexibility index (Phi) is 6.53. The fourth-order valence-corrected chi connectivity index (χ4v) is 4.69. The van der Waals surface area contributed by atoms with Crippen LogP contribution >= 0.6 is 11.8 Å². The van der Waals surface area contributed by atoms with E-state index in [9.17, 15) is 13.2 Å². The lowest BCUT2D eigenvalue weighted by molar-refractivity contribution is 0.0900. The molecule has 3 aromatic rings. The van der Waals surface area contributed by atoms with Crippen LogP contribution in [0.1, 0.15) is 49.6 Å². The van der Waals surface area contributed by atoms with Gasteiger partial charge in [0.2, 0.25) is 5.09 Å². The van der Waals surface area contributed by atoms with Crippen LogP contribution in [0.4, 0.5) is 0 Å². The second kappa shape index (κ2) is 8.78. The van der Waals surface area contributed by atoms with Crippen LogP contribution in [-0.4, -0.2) is 46.5 Å². The first-order valence-electron chi connectivity index (χ1n) is 9.34. The van der Waals surface area contributed by atoms with Gasteiger partial charge in [-0.25, -0.2) is 13.1 Å². The third-order valence-electron chi connectivity index (χ3n) is 4.08. The summed E-state index contributed by atoms with van der Waals surface area (Å²) in [7, 11) is -3.87. The molecule has 11 heteroatoms. The Hall–Kier alpha value is -2.37. The molecule has 0 saturated carbocycles. The van der Waals surface area contributed by atoms with E-state index < -0.39 is 27.5 Å². The van der Waals surface area contributed by atoms with Crippen molar-refractivity contribution in [2.45, 2.75) is 43.9 Å². The van der Waals surface area contributed by atoms with Crippen LogP contribution in [0.2, 0.25) is 0 Å². The predicted octanol–water partition coefficient (Wildman–Crippen LogP) is 2.62. The fourth-order valence-electron chi connectivity index (χ4n) is 2.87. The van der Waals surface area contributed by atoms with Crippen LogP contribution in [0.15, 0.2) is 46.0 Å². The Labute approximate surface area is 179 Å². The van der Waals surface area contributed by atoms with Gasteiger partial charge in [-0.2, -0.15) is 11.8 Å². The van der Waals surface area contributed by atoms with E-state index in [1.807, 2.05) is 35.1 Å². The smallest absolute Gasteiger partial charge is 0.287 e. The molecule has 30 heavy (non-hydrogen) atoms. The summed E-state index contributed by atoms with van der Waals surface area (Å²) in [6, 6.07) is 7.75. The lowest BCUT2D eigenvalue weighted by atomic mass is 10.1. The number of rotatable bonds is 8. The van der Waals surface area contributed by atoms with Crippen LogP contribution in [0.25, 0.3) is 5.65 Å². The van der Waals surface area contributed by atoms with Crippen molar-refractivity contribution in [1.82, 2.24) is 24.6 Å². The topological polar surface area (TPSA) is 119 Å². The predicted molar refractivity (Wildman–Crippen MR) is 115 cm³/mol. The third-order valence-corrected chi connectivity index (χ3v) is 6.35. The summed E-state index contributed by atoms with van der Waals surface area (Å²) in [6.07, 6.45) is 4.44. The molecule has 0 fully saturated rings. The maximum absolute atomic E-state index is 12.8. The van der Waals surface area contributed by atoms with Crippen molar-refractivity contribution in [3.05, 3.63) is 48.1 Å². The molecule has 3 rings (SSSR count). The number of carbonyl (C=O) groups excluding carboxylic acids is 1. The van der Waals surface area contributed by atoms with E-state index in [0.29, 0.717) is 17.9 Å². The number of nitrogens with zero attached hydrogens (tertiary/aromatic N) is 3. The lowest BCUT2D eigenvalue weighted by Gasteiger charge is -2.19. The second-order valence-electron chi connectivity index (χ2n) is 7.77. The van der Waals surface area contributed by atoms with Gasteiger partial charge >= 0.3 is 0 Å². The van der Waals surface area contributed by atoms with Crippen LogP contribution in [0, 0.1) is 0 Å². The number of fused-ring (bicyclic) bond motifs is 1. The maximum atomic E-state index is 12.8. The van der Waals surface area contributed by atoms with Gasteiger partial charge in [0.05, 0.1) is 6.04 Å². The number of sulfonamides is 1. The molecule has 0 bridgehead atoms. The number of carbonyl (C=O) groups is 1. The van der Waals surface area contributed by atoms with Crippen LogP contribution in [0.3, 0.4) is 0 Å². The van der Waals surface area contributed by atoms with Crippen molar-refractivity contribution in [3.63, 3.8) is 0 Å². The standard InChI is InChI=1S/C19H25N5O4S2/c1-19(2,3)23-30(26,27)16-9-8-14(28-16)18(25)20-13(10-12-29-4)17-22-21-15-7-5-6-11-24(15)17/h5-9,11,13,23H,10,12H2,1-4H3,(H,20,25). The SMILES string of the molecule is CSCCC(NC(=O)c1ccc(S(=O)(=O)NC(C)(C)C)o1)c1nnc2ccccn12. The highest BCUT2D eigenvalue weighted by atomic mass is 32.2. The summed E-state index contributed by atoms with van der Waals surface area (Å²) >= 11 is 1.65. The van der Waals surface area contributed by atoms with Gasteiger partial charge in [-0.3, -0.25) is 9.20 Å². The van der Waals surface area contributed by atoms with E-state index in [0.717, 1.165) is 5.75 Å². The number of nitrogens with one attached hydrogen (secondary N) is 2. The molecule has 0 aliphatic heterocycles. The van der Waals surface area contributed by atoms with Crippen molar-refractivity contribution >= 4 is 33.3 Å². The molecular formula is C19H25N5O4S2. The number of hydrogen-bond acceptors (Lipinski definition) is 7. The molecule has 0 radical (unpaired) electrons. The summed E-state index contributed by atoms with van der Waals surface area (Å²) in [5.41, 5.74) is 0.00151. The molecule has 1 amide bonds. The lowest BCUT2D eigenvalue weighted by Crippen LogP contribution is -2.40.